The number of aromatic nitrogens is 3. The maximum atomic E-state index is 13.5. The minimum atomic E-state index is -0.412. The van der Waals surface area contributed by atoms with Crippen molar-refractivity contribution in [2.24, 2.45) is 10.9 Å². The molecule has 0 atom stereocenters. The van der Waals surface area contributed by atoms with Gasteiger partial charge in [0.2, 0.25) is 0 Å². The Hall–Kier alpha value is -4.17. The van der Waals surface area contributed by atoms with Gasteiger partial charge in [0.25, 0.3) is 5.65 Å². The molecule has 0 aliphatic heterocycles. The predicted molar refractivity (Wildman–Crippen MR) is 124 cm³/mol. The first kappa shape index (κ1) is 22.0. The van der Waals surface area contributed by atoms with Crippen LogP contribution in [0, 0.1) is 0 Å². The topological polar surface area (TPSA) is 109 Å². The summed E-state index contributed by atoms with van der Waals surface area (Å²) in [6.07, 6.45) is 4.79. The lowest BCUT2D eigenvalue weighted by Crippen LogP contribution is -2.44. The highest BCUT2D eigenvalue weighted by molar-refractivity contribution is 6.29. The highest BCUT2D eigenvalue weighted by atomic mass is 35.5. The second-order valence-electron chi connectivity index (χ2n) is 7.13. The van der Waals surface area contributed by atoms with E-state index in [9.17, 15) is 9.90 Å². The zero-order valence-corrected chi connectivity index (χ0v) is 18.3. The third-order valence-electron chi connectivity index (χ3n) is 4.96. The van der Waals surface area contributed by atoms with Crippen molar-refractivity contribution < 1.29 is 14.5 Å². The lowest BCUT2D eigenvalue weighted by molar-refractivity contribution is -0.708. The van der Waals surface area contributed by atoms with Gasteiger partial charge in [-0.3, -0.25) is 0 Å². The van der Waals surface area contributed by atoms with Gasteiger partial charge in [0, 0.05) is 23.4 Å². The van der Waals surface area contributed by atoms with Crippen molar-refractivity contribution in [2.75, 3.05) is 6.61 Å². The Morgan fingerprint density at radius 2 is 2.03 bits per heavy atom. The fraction of sp³-hybridized carbons (Fsp3) is 0.0833. The summed E-state index contributed by atoms with van der Waals surface area (Å²) in [5, 5.41) is 17.7. The average Bonchev–Trinajstić information content (AvgIpc) is 2.83. The van der Waals surface area contributed by atoms with E-state index < -0.39 is 11.4 Å². The fourth-order valence-electron chi connectivity index (χ4n) is 3.38. The van der Waals surface area contributed by atoms with Gasteiger partial charge in [0.05, 0.1) is 12.1 Å². The molecule has 33 heavy (non-hydrogen) atoms. The number of oxime groups is 1. The number of hydrogen-bond acceptors (Lipinski definition) is 5. The Labute approximate surface area is 194 Å². The molecule has 0 aliphatic carbocycles. The van der Waals surface area contributed by atoms with Crippen LogP contribution in [0.4, 0.5) is 0 Å². The van der Waals surface area contributed by atoms with Crippen molar-refractivity contribution in [2.45, 2.75) is 6.54 Å². The molecule has 0 aliphatic rings. The highest BCUT2D eigenvalue weighted by Crippen LogP contribution is 2.22. The normalized spacial score (nSPS) is 11.5. The minimum Gasteiger partial charge on any atom is -0.842 e. The van der Waals surface area contributed by atoms with Crippen LogP contribution in [0.2, 0.25) is 5.15 Å². The van der Waals surface area contributed by atoms with E-state index in [0.717, 1.165) is 5.56 Å². The summed E-state index contributed by atoms with van der Waals surface area (Å²) in [7, 11) is 0. The summed E-state index contributed by atoms with van der Waals surface area (Å²) in [5.74, 6) is -0.240. The molecule has 0 spiro atoms. The second-order valence-corrected chi connectivity index (χ2v) is 7.52. The van der Waals surface area contributed by atoms with Gasteiger partial charge < -0.3 is 15.7 Å². The maximum Gasteiger partial charge on any atom is 0.349 e. The monoisotopic (exact) mass is 461 g/mol. The van der Waals surface area contributed by atoms with E-state index in [1.165, 1.54) is 8.97 Å². The molecule has 0 saturated heterocycles. The maximum absolute atomic E-state index is 13.5. The van der Waals surface area contributed by atoms with E-state index in [4.69, 9.17) is 22.2 Å². The first-order valence-electron chi connectivity index (χ1n) is 10.0. The van der Waals surface area contributed by atoms with Crippen LogP contribution >= 0.6 is 11.6 Å². The molecule has 0 fully saturated rings. The summed E-state index contributed by atoms with van der Waals surface area (Å²) in [6, 6.07) is 15.4. The number of benzene rings is 1. The molecule has 0 saturated carbocycles. The third kappa shape index (κ3) is 4.56. The lowest BCUT2D eigenvalue weighted by atomic mass is 10.1. The molecular weight excluding hydrogens is 442 g/mol. The van der Waals surface area contributed by atoms with Crippen LogP contribution < -0.4 is 21.0 Å². The van der Waals surface area contributed by atoms with E-state index >= 15 is 0 Å². The second kappa shape index (κ2) is 9.54. The van der Waals surface area contributed by atoms with Crippen molar-refractivity contribution in [1.29, 1.82) is 0 Å². The molecule has 0 unspecified atom stereocenters. The van der Waals surface area contributed by atoms with Crippen LogP contribution in [0.3, 0.4) is 0 Å². The average molecular weight is 462 g/mol. The van der Waals surface area contributed by atoms with Gasteiger partial charge in [-0.2, -0.15) is 4.40 Å². The number of rotatable bonds is 7. The Morgan fingerprint density at radius 1 is 1.24 bits per heavy atom. The van der Waals surface area contributed by atoms with Crippen molar-refractivity contribution in [3.05, 3.63) is 106 Å². The van der Waals surface area contributed by atoms with Crippen LogP contribution in [-0.4, -0.2) is 21.8 Å². The van der Waals surface area contributed by atoms with E-state index in [2.05, 4.69) is 16.7 Å². The fourth-order valence-corrected chi connectivity index (χ4v) is 3.49. The SMILES string of the molecule is C=CCO/N=C(/N)c1ccc(-c2c([O-])[n+](Cc3ccc(Cl)nc3)c3ccccn3c2=O)cc1. The molecule has 3 aromatic heterocycles. The van der Waals surface area contributed by atoms with Gasteiger partial charge in [-0.25, -0.2) is 14.3 Å². The molecule has 8 nitrogen and oxygen atoms in total. The number of fused-ring (bicyclic) bond motifs is 1. The first-order valence-corrected chi connectivity index (χ1v) is 10.4. The van der Waals surface area contributed by atoms with E-state index in [1.54, 1.807) is 73.1 Å². The summed E-state index contributed by atoms with van der Waals surface area (Å²) < 4.78 is 2.99. The summed E-state index contributed by atoms with van der Waals surface area (Å²) in [6.45, 7) is 4.00. The molecule has 0 amide bonds. The van der Waals surface area contributed by atoms with Crippen LogP contribution in [0.1, 0.15) is 11.1 Å². The summed E-state index contributed by atoms with van der Waals surface area (Å²) >= 11 is 5.88. The minimum absolute atomic E-state index is 0.0468. The Kier molecular flexibility index (Phi) is 6.37. The van der Waals surface area contributed by atoms with Crippen LogP contribution in [0.5, 0.6) is 5.88 Å². The molecule has 4 aromatic rings. The molecule has 166 valence electrons. The standard InChI is InChI=1S/C24H20ClN5O3/c1-2-13-33-28-22(26)18-9-7-17(8-10-18)21-23(31)29-12-4-3-5-20(29)30(24(21)32)15-16-6-11-19(25)27-14-16/h2-12,14H,1,13,15H2,(H2-,26,28,31,32). The van der Waals surface area contributed by atoms with Crippen molar-refractivity contribution >= 4 is 23.1 Å². The summed E-state index contributed by atoms with van der Waals surface area (Å²) in [4.78, 5) is 22.3. The number of hydrogen-bond donors (Lipinski definition) is 1. The zero-order chi connectivity index (χ0) is 23.4. The number of halogens is 1. The van der Waals surface area contributed by atoms with Crippen LogP contribution in [0.15, 0.2) is 89.6 Å². The smallest absolute Gasteiger partial charge is 0.349 e. The molecule has 0 radical (unpaired) electrons. The molecule has 1 aromatic carbocycles. The zero-order valence-electron chi connectivity index (χ0n) is 17.5. The molecule has 9 heteroatoms. The van der Waals surface area contributed by atoms with Crippen LogP contribution in [0.25, 0.3) is 16.8 Å². The van der Waals surface area contributed by atoms with Crippen LogP contribution in [-0.2, 0) is 11.4 Å². The van der Waals surface area contributed by atoms with Crippen molar-refractivity contribution in [3.63, 3.8) is 0 Å². The molecule has 2 N–H and O–H groups in total. The predicted octanol–water partition coefficient (Wildman–Crippen LogP) is 2.25. The number of nitrogens with zero attached hydrogens (tertiary/aromatic N) is 4. The van der Waals surface area contributed by atoms with Gasteiger partial charge in [-0.15, -0.1) is 0 Å². The van der Waals surface area contributed by atoms with Gasteiger partial charge in [0.15, 0.2) is 5.84 Å². The van der Waals surface area contributed by atoms with Crippen molar-refractivity contribution in [3.8, 4) is 17.0 Å². The molecule has 4 rings (SSSR count). The Balaban J connectivity index is 1.81. The number of amidine groups is 1. The quantitative estimate of drug-likeness (QED) is 0.0863. The van der Waals surface area contributed by atoms with E-state index in [-0.39, 0.29) is 24.6 Å². The highest BCUT2D eigenvalue weighted by Gasteiger charge is 2.20. The van der Waals surface area contributed by atoms with Gasteiger partial charge in [0.1, 0.15) is 23.9 Å². The van der Waals surface area contributed by atoms with Crippen molar-refractivity contribution in [1.82, 2.24) is 9.38 Å². The number of nitrogens with two attached hydrogens (primary N) is 1. The largest absolute Gasteiger partial charge is 0.842 e. The first-order chi connectivity index (χ1) is 16.0. The van der Waals surface area contributed by atoms with Gasteiger partial charge in [-0.1, -0.05) is 65.8 Å². The lowest BCUT2D eigenvalue weighted by Gasteiger charge is -2.17. The Bertz CT molecular complexity index is 1400. The van der Waals surface area contributed by atoms with Gasteiger partial charge in [-0.05, 0) is 17.7 Å². The summed E-state index contributed by atoms with van der Waals surface area (Å²) in [5.41, 5.74) is 7.86. The third-order valence-corrected chi connectivity index (χ3v) is 5.18. The Morgan fingerprint density at radius 3 is 2.73 bits per heavy atom. The van der Waals surface area contributed by atoms with E-state index in [0.29, 0.717) is 21.9 Å². The van der Waals surface area contributed by atoms with E-state index in [1.807, 2.05) is 0 Å². The molecule has 0 bridgehead atoms. The number of pyridine rings is 2. The molecule has 3 heterocycles. The van der Waals surface area contributed by atoms with Gasteiger partial charge >= 0.3 is 5.56 Å². The molecular formula is C24H20ClN5O3.